The molecule has 5 nitrogen and oxygen atoms in total. The van der Waals surface area contributed by atoms with E-state index in [-0.39, 0.29) is 23.9 Å². The highest BCUT2D eigenvalue weighted by Gasteiger charge is 2.28. The Kier molecular flexibility index (Phi) is 8.77. The zero-order valence-corrected chi connectivity index (χ0v) is 20.5. The van der Waals surface area contributed by atoms with Gasteiger partial charge in [-0.15, -0.1) is 11.3 Å². The van der Waals surface area contributed by atoms with E-state index in [1.165, 1.54) is 16.4 Å². The van der Waals surface area contributed by atoms with Crippen molar-refractivity contribution in [3.05, 3.63) is 87.9 Å². The quantitative estimate of drug-likeness (QED) is 0.372. The van der Waals surface area contributed by atoms with Crippen molar-refractivity contribution in [3.8, 4) is 0 Å². The summed E-state index contributed by atoms with van der Waals surface area (Å²) in [5.74, 6) is -0.780. The number of carbonyl (C=O) groups excluding carboxylic acids is 1. The van der Waals surface area contributed by atoms with Gasteiger partial charge in [-0.05, 0) is 55.3 Å². The molecule has 1 amide bonds. The SMILES string of the molecule is CCCCN(CC(=O)N(Cc1ccccc1)Cc1ccc(C)s1)S(=O)(=O)c1ccc(F)cc1. The minimum absolute atomic E-state index is 0.0173. The van der Waals surface area contributed by atoms with E-state index in [1.54, 1.807) is 16.2 Å². The van der Waals surface area contributed by atoms with Crippen molar-refractivity contribution >= 4 is 27.3 Å². The first-order chi connectivity index (χ1) is 15.8. The Morgan fingerprint density at radius 1 is 0.970 bits per heavy atom. The summed E-state index contributed by atoms with van der Waals surface area (Å²) >= 11 is 1.62. The van der Waals surface area contributed by atoms with E-state index < -0.39 is 15.8 Å². The van der Waals surface area contributed by atoms with Crippen LogP contribution in [-0.2, 0) is 27.9 Å². The molecule has 0 unspecified atom stereocenters. The highest BCUT2D eigenvalue weighted by atomic mass is 32.2. The van der Waals surface area contributed by atoms with E-state index in [9.17, 15) is 17.6 Å². The van der Waals surface area contributed by atoms with Crippen LogP contribution in [0.3, 0.4) is 0 Å². The van der Waals surface area contributed by atoms with Gasteiger partial charge in [0.05, 0.1) is 18.0 Å². The predicted octanol–water partition coefficient (Wildman–Crippen LogP) is 5.22. The molecule has 0 bridgehead atoms. The topological polar surface area (TPSA) is 57.7 Å². The number of hydrogen-bond donors (Lipinski definition) is 0. The molecule has 0 atom stereocenters. The number of carbonyl (C=O) groups is 1. The maximum absolute atomic E-state index is 13.4. The Morgan fingerprint density at radius 3 is 2.27 bits per heavy atom. The molecule has 33 heavy (non-hydrogen) atoms. The standard InChI is InChI=1S/C25H29FN2O3S2/c1-3-4-16-28(33(30,31)24-14-11-22(26)12-15-24)19-25(29)27(17-21-8-6-5-7-9-21)18-23-13-10-20(2)32-23/h5-15H,3-4,16-19H2,1-2H3. The van der Waals surface area contributed by atoms with Crippen LogP contribution < -0.4 is 0 Å². The van der Waals surface area contributed by atoms with Gasteiger partial charge in [0.25, 0.3) is 0 Å². The van der Waals surface area contributed by atoms with Gasteiger partial charge in [0.2, 0.25) is 15.9 Å². The van der Waals surface area contributed by atoms with Crippen molar-refractivity contribution in [2.45, 2.75) is 44.7 Å². The Bertz CT molecular complexity index is 1150. The lowest BCUT2D eigenvalue weighted by atomic mass is 10.2. The van der Waals surface area contributed by atoms with Gasteiger partial charge in [0.15, 0.2) is 0 Å². The van der Waals surface area contributed by atoms with Gasteiger partial charge in [0.1, 0.15) is 5.82 Å². The van der Waals surface area contributed by atoms with Crippen LogP contribution in [0.4, 0.5) is 4.39 Å². The number of unbranched alkanes of at least 4 members (excludes halogenated alkanes) is 1. The van der Waals surface area contributed by atoms with Crippen LogP contribution in [0.25, 0.3) is 0 Å². The summed E-state index contributed by atoms with van der Waals surface area (Å²) in [4.78, 5) is 17.3. The Hall–Kier alpha value is -2.55. The van der Waals surface area contributed by atoms with Crippen LogP contribution in [0, 0.1) is 12.7 Å². The predicted molar refractivity (Wildman–Crippen MR) is 130 cm³/mol. The number of thiophene rings is 1. The van der Waals surface area contributed by atoms with Crippen molar-refractivity contribution in [2.75, 3.05) is 13.1 Å². The number of hydrogen-bond acceptors (Lipinski definition) is 4. The summed E-state index contributed by atoms with van der Waals surface area (Å²) < 4.78 is 41.1. The van der Waals surface area contributed by atoms with Gasteiger partial charge in [0, 0.05) is 22.8 Å². The largest absolute Gasteiger partial charge is 0.332 e. The number of halogens is 1. The lowest BCUT2D eigenvalue weighted by molar-refractivity contribution is -0.132. The van der Waals surface area contributed by atoms with E-state index >= 15 is 0 Å². The van der Waals surface area contributed by atoms with Crippen molar-refractivity contribution in [1.29, 1.82) is 0 Å². The van der Waals surface area contributed by atoms with Gasteiger partial charge in [-0.1, -0.05) is 43.7 Å². The Morgan fingerprint density at radius 2 is 1.67 bits per heavy atom. The fraction of sp³-hybridized carbons (Fsp3) is 0.320. The summed E-state index contributed by atoms with van der Waals surface area (Å²) in [5, 5.41) is 0. The van der Waals surface area contributed by atoms with Crippen LogP contribution in [0.2, 0.25) is 0 Å². The van der Waals surface area contributed by atoms with Gasteiger partial charge < -0.3 is 4.90 Å². The molecule has 0 N–H and O–H groups in total. The molecule has 0 aliphatic heterocycles. The number of benzene rings is 2. The van der Waals surface area contributed by atoms with E-state index in [1.807, 2.05) is 56.3 Å². The second-order valence-corrected chi connectivity index (χ2v) is 11.2. The fourth-order valence-electron chi connectivity index (χ4n) is 3.42. The normalized spacial score (nSPS) is 11.6. The van der Waals surface area contributed by atoms with E-state index in [2.05, 4.69) is 0 Å². The maximum Gasteiger partial charge on any atom is 0.243 e. The first kappa shape index (κ1) is 25.1. The molecule has 1 aromatic heterocycles. The van der Waals surface area contributed by atoms with Gasteiger partial charge in [-0.3, -0.25) is 4.79 Å². The Labute approximate surface area is 199 Å². The zero-order chi connectivity index (χ0) is 23.8. The highest BCUT2D eigenvalue weighted by Crippen LogP contribution is 2.21. The molecule has 0 spiro atoms. The van der Waals surface area contributed by atoms with Gasteiger partial charge in [-0.2, -0.15) is 4.31 Å². The zero-order valence-electron chi connectivity index (χ0n) is 18.9. The monoisotopic (exact) mass is 488 g/mol. The van der Waals surface area contributed by atoms with Crippen LogP contribution in [0.15, 0.2) is 71.6 Å². The smallest absolute Gasteiger partial charge is 0.243 e. The molecule has 0 aliphatic rings. The van der Waals surface area contributed by atoms with Gasteiger partial charge in [-0.25, -0.2) is 12.8 Å². The van der Waals surface area contributed by atoms with Crippen LogP contribution in [-0.4, -0.2) is 36.6 Å². The molecule has 0 fully saturated rings. The van der Waals surface area contributed by atoms with E-state index in [4.69, 9.17) is 0 Å². The third-order valence-corrected chi connectivity index (χ3v) is 8.08. The number of aryl methyl sites for hydroxylation is 1. The molecule has 3 aromatic rings. The molecule has 0 saturated heterocycles. The minimum atomic E-state index is -3.94. The highest BCUT2D eigenvalue weighted by molar-refractivity contribution is 7.89. The third kappa shape index (κ3) is 6.96. The molecular formula is C25H29FN2O3S2. The fourth-order valence-corrected chi connectivity index (χ4v) is 5.75. The molecule has 2 aromatic carbocycles. The minimum Gasteiger partial charge on any atom is -0.332 e. The number of rotatable bonds is 11. The second kappa shape index (κ2) is 11.5. The lowest BCUT2D eigenvalue weighted by Gasteiger charge is -2.27. The number of sulfonamides is 1. The van der Waals surface area contributed by atoms with E-state index in [0.717, 1.165) is 33.9 Å². The van der Waals surface area contributed by atoms with Gasteiger partial charge >= 0.3 is 0 Å². The number of nitrogens with zero attached hydrogens (tertiary/aromatic N) is 2. The van der Waals surface area contributed by atoms with Crippen LogP contribution >= 0.6 is 11.3 Å². The first-order valence-corrected chi connectivity index (χ1v) is 13.2. The molecule has 0 saturated carbocycles. The van der Waals surface area contributed by atoms with Crippen LogP contribution in [0.5, 0.6) is 0 Å². The first-order valence-electron chi connectivity index (χ1n) is 10.9. The summed E-state index contributed by atoms with van der Waals surface area (Å²) in [6.07, 6.45) is 1.41. The summed E-state index contributed by atoms with van der Waals surface area (Å²) in [6, 6.07) is 18.4. The van der Waals surface area contributed by atoms with E-state index in [0.29, 0.717) is 19.5 Å². The summed E-state index contributed by atoms with van der Waals surface area (Å²) in [7, 11) is -3.94. The molecule has 0 aliphatic carbocycles. The average molecular weight is 489 g/mol. The molecule has 8 heteroatoms. The summed E-state index contributed by atoms with van der Waals surface area (Å²) in [5.41, 5.74) is 0.973. The van der Waals surface area contributed by atoms with Crippen LogP contribution in [0.1, 0.15) is 35.1 Å². The Balaban J connectivity index is 1.85. The third-order valence-electron chi connectivity index (χ3n) is 5.24. The lowest BCUT2D eigenvalue weighted by Crippen LogP contribution is -2.42. The maximum atomic E-state index is 13.4. The average Bonchev–Trinajstić information content (AvgIpc) is 3.21. The van der Waals surface area contributed by atoms with Crippen molar-refractivity contribution < 1.29 is 17.6 Å². The molecule has 176 valence electrons. The van der Waals surface area contributed by atoms with Crippen molar-refractivity contribution in [2.24, 2.45) is 0 Å². The van der Waals surface area contributed by atoms with Crippen molar-refractivity contribution in [3.63, 3.8) is 0 Å². The molecule has 1 heterocycles. The molecular weight excluding hydrogens is 459 g/mol. The summed E-state index contributed by atoms with van der Waals surface area (Å²) in [6.45, 7) is 4.72. The number of amides is 1. The van der Waals surface area contributed by atoms with Crippen molar-refractivity contribution in [1.82, 2.24) is 9.21 Å². The molecule has 3 rings (SSSR count). The molecule has 0 radical (unpaired) electrons. The second-order valence-electron chi connectivity index (χ2n) is 7.89.